The van der Waals surface area contributed by atoms with Gasteiger partial charge in [-0.3, -0.25) is 14.5 Å². The number of anilines is 1. The maximum absolute atomic E-state index is 12.7. The van der Waals surface area contributed by atoms with Gasteiger partial charge in [-0.15, -0.1) is 10.2 Å². The van der Waals surface area contributed by atoms with Crippen LogP contribution in [0.25, 0.3) is 0 Å². The molecule has 8 heteroatoms. The van der Waals surface area contributed by atoms with Crippen molar-refractivity contribution >= 4 is 28.3 Å². The molecule has 0 aromatic carbocycles. The number of carbonyl (C=O) groups is 2. The topological polar surface area (TPSA) is 84.4 Å². The SMILES string of the molecule is CCOCc1nnc(N2CC(C(=O)NC3(CC(C)(C)C)CC3)CC2=O)s1. The van der Waals surface area contributed by atoms with Crippen molar-refractivity contribution in [2.75, 3.05) is 18.1 Å². The van der Waals surface area contributed by atoms with Crippen molar-refractivity contribution in [2.24, 2.45) is 11.3 Å². The zero-order valence-electron chi connectivity index (χ0n) is 16.0. The van der Waals surface area contributed by atoms with Crippen molar-refractivity contribution in [3.8, 4) is 0 Å². The van der Waals surface area contributed by atoms with Crippen molar-refractivity contribution in [1.82, 2.24) is 15.5 Å². The molecule has 2 aliphatic rings. The van der Waals surface area contributed by atoms with Crippen molar-refractivity contribution in [3.05, 3.63) is 5.01 Å². The largest absolute Gasteiger partial charge is 0.374 e. The highest BCUT2D eigenvalue weighted by Crippen LogP contribution is 2.45. The Balaban J connectivity index is 1.59. The van der Waals surface area contributed by atoms with Crippen molar-refractivity contribution in [3.63, 3.8) is 0 Å². The molecular formula is C18H28N4O3S. The number of hydrogen-bond donors (Lipinski definition) is 1. The Hall–Kier alpha value is -1.54. The van der Waals surface area contributed by atoms with E-state index >= 15 is 0 Å². The molecule has 2 amide bonds. The zero-order valence-corrected chi connectivity index (χ0v) is 16.8. The van der Waals surface area contributed by atoms with Crippen LogP contribution in [0.15, 0.2) is 0 Å². The predicted octanol–water partition coefficient (Wildman–Crippen LogP) is 2.51. The zero-order chi connectivity index (χ0) is 18.9. The molecule has 7 nitrogen and oxygen atoms in total. The molecular weight excluding hydrogens is 352 g/mol. The van der Waals surface area contributed by atoms with Gasteiger partial charge in [-0.05, 0) is 31.6 Å². The van der Waals surface area contributed by atoms with Crippen molar-refractivity contribution < 1.29 is 14.3 Å². The van der Waals surface area contributed by atoms with E-state index in [9.17, 15) is 9.59 Å². The highest BCUT2D eigenvalue weighted by Gasteiger charge is 2.48. The molecule has 1 aliphatic carbocycles. The number of nitrogens with zero attached hydrogens (tertiary/aromatic N) is 3. The van der Waals surface area contributed by atoms with E-state index in [1.165, 1.54) is 11.3 Å². The van der Waals surface area contributed by atoms with Gasteiger partial charge in [0.2, 0.25) is 16.9 Å². The first kappa shape index (κ1) is 19.2. The third kappa shape index (κ3) is 4.59. The first-order chi connectivity index (χ1) is 12.2. The van der Waals surface area contributed by atoms with E-state index in [2.05, 4.69) is 36.3 Å². The molecule has 1 aromatic heterocycles. The molecule has 1 aromatic rings. The van der Waals surface area contributed by atoms with Crippen LogP contribution in [0.2, 0.25) is 0 Å². The first-order valence-electron chi connectivity index (χ1n) is 9.24. The fourth-order valence-corrected chi connectivity index (χ4v) is 4.35. The summed E-state index contributed by atoms with van der Waals surface area (Å²) in [5.41, 5.74) is 0.101. The molecule has 2 heterocycles. The Morgan fingerprint density at radius 2 is 2.12 bits per heavy atom. The van der Waals surface area contributed by atoms with E-state index in [1.54, 1.807) is 4.90 Å². The van der Waals surface area contributed by atoms with Gasteiger partial charge in [0, 0.05) is 25.1 Å². The van der Waals surface area contributed by atoms with Gasteiger partial charge < -0.3 is 10.1 Å². The fraction of sp³-hybridized carbons (Fsp3) is 0.778. The minimum Gasteiger partial charge on any atom is -0.374 e. The molecule has 26 heavy (non-hydrogen) atoms. The second kappa shape index (κ2) is 7.23. The van der Waals surface area contributed by atoms with Gasteiger partial charge in [0.25, 0.3) is 0 Å². The smallest absolute Gasteiger partial charge is 0.229 e. The molecule has 0 spiro atoms. The van der Waals surface area contributed by atoms with Gasteiger partial charge in [-0.25, -0.2) is 0 Å². The van der Waals surface area contributed by atoms with Crippen LogP contribution in [0.3, 0.4) is 0 Å². The molecule has 1 unspecified atom stereocenters. The van der Waals surface area contributed by atoms with Gasteiger partial charge in [0.15, 0.2) is 0 Å². The number of aromatic nitrogens is 2. The van der Waals surface area contributed by atoms with E-state index in [1.807, 2.05) is 6.92 Å². The fourth-order valence-electron chi connectivity index (χ4n) is 3.55. The van der Waals surface area contributed by atoms with Crippen LogP contribution in [-0.4, -0.2) is 40.7 Å². The highest BCUT2D eigenvalue weighted by atomic mass is 32.1. The van der Waals surface area contributed by atoms with Gasteiger partial charge >= 0.3 is 0 Å². The van der Waals surface area contributed by atoms with E-state index < -0.39 is 0 Å². The highest BCUT2D eigenvalue weighted by molar-refractivity contribution is 7.15. The van der Waals surface area contributed by atoms with E-state index in [4.69, 9.17) is 4.74 Å². The summed E-state index contributed by atoms with van der Waals surface area (Å²) in [5, 5.41) is 12.7. The maximum atomic E-state index is 12.7. The lowest BCUT2D eigenvalue weighted by Gasteiger charge is -2.27. The average molecular weight is 381 g/mol. The van der Waals surface area contributed by atoms with Crippen LogP contribution in [0.5, 0.6) is 0 Å². The van der Waals surface area contributed by atoms with Crippen LogP contribution >= 0.6 is 11.3 Å². The standard InChI is InChI=1S/C18H28N4O3S/c1-5-25-10-13-20-21-16(26-13)22-9-12(8-14(22)23)15(24)19-18(6-7-18)11-17(2,3)4/h12H,5-11H2,1-4H3,(H,19,24). The summed E-state index contributed by atoms with van der Waals surface area (Å²) in [6, 6.07) is 0. The second-order valence-corrected chi connectivity index (χ2v) is 9.57. The third-order valence-corrected chi connectivity index (χ3v) is 5.64. The minimum atomic E-state index is -0.320. The summed E-state index contributed by atoms with van der Waals surface area (Å²) in [7, 11) is 0. The maximum Gasteiger partial charge on any atom is 0.229 e. The number of amides is 2. The molecule has 1 saturated heterocycles. The molecule has 1 saturated carbocycles. The quantitative estimate of drug-likeness (QED) is 0.786. The third-order valence-electron chi connectivity index (χ3n) is 4.72. The van der Waals surface area contributed by atoms with E-state index in [0.717, 1.165) is 24.3 Å². The predicted molar refractivity (Wildman–Crippen MR) is 99.9 cm³/mol. The van der Waals surface area contributed by atoms with Crippen LogP contribution in [0.1, 0.15) is 58.4 Å². The normalized spacial score (nSPS) is 21.9. The Bertz CT molecular complexity index is 678. The minimum absolute atomic E-state index is 0.0124. The van der Waals surface area contributed by atoms with E-state index in [0.29, 0.717) is 24.9 Å². The lowest BCUT2D eigenvalue weighted by molar-refractivity contribution is -0.127. The Labute approximate surface area is 158 Å². The molecule has 1 atom stereocenters. The lowest BCUT2D eigenvalue weighted by atomic mass is 9.86. The lowest BCUT2D eigenvalue weighted by Crippen LogP contribution is -2.43. The summed E-state index contributed by atoms with van der Waals surface area (Å²) in [5.74, 6) is -0.397. The van der Waals surface area contributed by atoms with Crippen LogP contribution in [-0.2, 0) is 20.9 Å². The van der Waals surface area contributed by atoms with Gasteiger partial charge in [0.05, 0.1) is 5.92 Å². The summed E-state index contributed by atoms with van der Waals surface area (Å²) < 4.78 is 5.32. The monoisotopic (exact) mass is 380 g/mol. The van der Waals surface area contributed by atoms with Crippen molar-refractivity contribution in [2.45, 2.75) is 65.5 Å². The molecule has 144 valence electrons. The first-order valence-corrected chi connectivity index (χ1v) is 10.1. The van der Waals surface area contributed by atoms with Crippen molar-refractivity contribution in [1.29, 1.82) is 0 Å². The number of rotatable bonds is 7. The molecule has 1 aliphatic heterocycles. The van der Waals surface area contributed by atoms with Crippen LogP contribution in [0, 0.1) is 11.3 Å². The molecule has 1 N–H and O–H groups in total. The number of hydrogen-bond acceptors (Lipinski definition) is 6. The Kier molecular flexibility index (Phi) is 5.35. The summed E-state index contributed by atoms with van der Waals surface area (Å²) in [6.07, 6.45) is 3.25. The average Bonchev–Trinajstić information content (AvgIpc) is 2.97. The Morgan fingerprint density at radius 1 is 1.38 bits per heavy atom. The number of carbonyl (C=O) groups excluding carboxylic acids is 2. The summed E-state index contributed by atoms with van der Waals surface area (Å²) in [6.45, 7) is 9.87. The van der Waals surface area contributed by atoms with Gasteiger partial charge in [0.1, 0.15) is 11.6 Å². The van der Waals surface area contributed by atoms with E-state index in [-0.39, 0.29) is 35.1 Å². The second-order valence-electron chi connectivity index (χ2n) is 8.53. The van der Waals surface area contributed by atoms with Gasteiger partial charge in [-0.1, -0.05) is 32.1 Å². The Morgan fingerprint density at radius 3 is 2.73 bits per heavy atom. The summed E-state index contributed by atoms with van der Waals surface area (Å²) in [4.78, 5) is 26.7. The molecule has 3 rings (SSSR count). The summed E-state index contributed by atoms with van der Waals surface area (Å²) >= 11 is 1.35. The van der Waals surface area contributed by atoms with Gasteiger partial charge in [-0.2, -0.15) is 0 Å². The molecule has 2 fully saturated rings. The number of nitrogens with one attached hydrogen (secondary N) is 1. The van der Waals surface area contributed by atoms with Crippen LogP contribution in [0.4, 0.5) is 5.13 Å². The number of ether oxygens (including phenoxy) is 1. The molecule has 0 bridgehead atoms. The van der Waals surface area contributed by atoms with Crippen LogP contribution < -0.4 is 10.2 Å². The molecule has 0 radical (unpaired) electrons.